The molecule has 0 aromatic carbocycles. The third kappa shape index (κ3) is 4.97. The summed E-state index contributed by atoms with van der Waals surface area (Å²) in [4.78, 5) is 24.0. The van der Waals surface area contributed by atoms with Gasteiger partial charge < -0.3 is 26.2 Å². The minimum atomic E-state index is -1.05. The molecule has 3 unspecified atom stereocenters. The van der Waals surface area contributed by atoms with E-state index in [1.807, 2.05) is 13.8 Å². The molecule has 0 aromatic heterocycles. The Bertz CT molecular complexity index is 349. The van der Waals surface area contributed by atoms with Gasteiger partial charge in [0.05, 0.1) is 24.7 Å². The van der Waals surface area contributed by atoms with Gasteiger partial charge in [-0.2, -0.15) is 0 Å². The van der Waals surface area contributed by atoms with Gasteiger partial charge in [0, 0.05) is 6.54 Å². The second-order valence-corrected chi connectivity index (χ2v) is 5.79. The van der Waals surface area contributed by atoms with E-state index in [0.717, 1.165) is 0 Å². The van der Waals surface area contributed by atoms with Crippen molar-refractivity contribution in [2.24, 2.45) is 11.7 Å². The SMILES string of the molecule is CC(C)CC(N)C(=O)NC1CCCN(C(=O)O)CC1O. The maximum Gasteiger partial charge on any atom is 0.407 e. The number of nitrogens with one attached hydrogen (secondary N) is 1. The first kappa shape index (κ1) is 16.7. The number of amides is 2. The van der Waals surface area contributed by atoms with E-state index in [2.05, 4.69) is 5.32 Å². The summed E-state index contributed by atoms with van der Waals surface area (Å²) in [6, 6.07) is -1.04. The number of β-amino-alcohol motifs (C(OH)–C–C–N with tert-alkyl or cyclic N) is 1. The minimum Gasteiger partial charge on any atom is -0.465 e. The maximum absolute atomic E-state index is 11.9. The molecule has 7 nitrogen and oxygen atoms in total. The summed E-state index contributed by atoms with van der Waals surface area (Å²) < 4.78 is 0. The van der Waals surface area contributed by atoms with Crippen LogP contribution in [0.15, 0.2) is 0 Å². The Hall–Kier alpha value is -1.34. The Morgan fingerprint density at radius 2 is 2.10 bits per heavy atom. The largest absolute Gasteiger partial charge is 0.465 e. The van der Waals surface area contributed by atoms with Crippen LogP contribution >= 0.6 is 0 Å². The quantitative estimate of drug-likeness (QED) is 0.580. The second-order valence-electron chi connectivity index (χ2n) is 5.79. The number of nitrogens with two attached hydrogens (primary N) is 1. The molecular formula is C13H25N3O4. The van der Waals surface area contributed by atoms with Crippen molar-refractivity contribution >= 4 is 12.0 Å². The van der Waals surface area contributed by atoms with Crippen LogP contribution in [0.4, 0.5) is 4.79 Å². The molecule has 3 atom stereocenters. The lowest BCUT2D eigenvalue weighted by molar-refractivity contribution is -0.124. The summed E-state index contributed by atoms with van der Waals surface area (Å²) in [6.07, 6.45) is -0.217. The van der Waals surface area contributed by atoms with Gasteiger partial charge in [-0.15, -0.1) is 0 Å². The third-order valence-electron chi connectivity index (χ3n) is 3.48. The predicted molar refractivity (Wildman–Crippen MR) is 74.2 cm³/mol. The van der Waals surface area contributed by atoms with Crippen molar-refractivity contribution in [3.05, 3.63) is 0 Å². The highest BCUT2D eigenvalue weighted by Gasteiger charge is 2.29. The molecule has 0 aromatic rings. The lowest BCUT2D eigenvalue weighted by Gasteiger charge is -2.25. The molecule has 1 saturated heterocycles. The van der Waals surface area contributed by atoms with E-state index in [1.165, 1.54) is 4.90 Å². The normalized spacial score (nSPS) is 25.1. The number of hydrogen-bond donors (Lipinski definition) is 4. The number of aliphatic hydroxyl groups excluding tert-OH is 1. The molecule has 0 aliphatic carbocycles. The van der Waals surface area contributed by atoms with Crippen molar-refractivity contribution < 1.29 is 19.8 Å². The minimum absolute atomic E-state index is 0.0136. The molecule has 1 heterocycles. The van der Waals surface area contributed by atoms with Gasteiger partial charge in [0.25, 0.3) is 0 Å². The summed E-state index contributed by atoms with van der Waals surface area (Å²) in [5, 5.41) is 21.7. The molecule has 7 heteroatoms. The standard InChI is InChI=1S/C13H25N3O4/c1-8(2)6-9(14)12(18)15-10-4-3-5-16(13(19)20)7-11(10)17/h8-11,17H,3-7,14H2,1-2H3,(H,15,18)(H,19,20). The summed E-state index contributed by atoms with van der Waals surface area (Å²) in [6.45, 7) is 4.35. The summed E-state index contributed by atoms with van der Waals surface area (Å²) in [5.41, 5.74) is 5.80. The molecule has 2 amide bonds. The molecule has 0 bridgehead atoms. The summed E-state index contributed by atoms with van der Waals surface area (Å²) in [5.74, 6) is 0.0313. The molecule has 1 rings (SSSR count). The molecular weight excluding hydrogens is 262 g/mol. The number of hydrogen-bond acceptors (Lipinski definition) is 4. The smallest absolute Gasteiger partial charge is 0.407 e. The molecule has 0 saturated carbocycles. The van der Waals surface area contributed by atoms with Gasteiger partial charge in [-0.05, 0) is 25.2 Å². The van der Waals surface area contributed by atoms with Gasteiger partial charge in [-0.3, -0.25) is 4.79 Å². The van der Waals surface area contributed by atoms with Gasteiger partial charge in [-0.25, -0.2) is 4.79 Å². The van der Waals surface area contributed by atoms with Crippen LogP contribution in [0.2, 0.25) is 0 Å². The average Bonchev–Trinajstić information content (AvgIpc) is 2.51. The summed E-state index contributed by atoms with van der Waals surface area (Å²) >= 11 is 0. The number of carbonyl (C=O) groups is 2. The van der Waals surface area contributed by atoms with Crippen LogP contribution in [-0.2, 0) is 4.79 Å². The van der Waals surface area contributed by atoms with Crippen LogP contribution < -0.4 is 11.1 Å². The Balaban J connectivity index is 2.54. The Kier molecular flexibility index (Phi) is 6.22. The zero-order valence-electron chi connectivity index (χ0n) is 12.1. The van der Waals surface area contributed by atoms with Crippen LogP contribution in [0.5, 0.6) is 0 Å². The number of aliphatic hydroxyl groups is 1. The predicted octanol–water partition coefficient (Wildman–Crippen LogP) is -0.0207. The number of likely N-dealkylation sites (tertiary alicyclic amines) is 1. The fourth-order valence-electron chi connectivity index (χ4n) is 2.39. The summed E-state index contributed by atoms with van der Waals surface area (Å²) in [7, 11) is 0. The van der Waals surface area contributed by atoms with Crippen molar-refractivity contribution in [3.63, 3.8) is 0 Å². The first-order valence-electron chi connectivity index (χ1n) is 7.03. The molecule has 5 N–H and O–H groups in total. The van der Waals surface area contributed by atoms with Crippen molar-refractivity contribution in [1.29, 1.82) is 0 Å². The third-order valence-corrected chi connectivity index (χ3v) is 3.48. The lowest BCUT2D eigenvalue weighted by Crippen LogP contribution is -2.51. The topological polar surface area (TPSA) is 116 Å². The number of nitrogens with zero attached hydrogens (tertiary/aromatic N) is 1. The van der Waals surface area contributed by atoms with E-state index >= 15 is 0 Å². The van der Waals surface area contributed by atoms with Crippen molar-refractivity contribution in [2.75, 3.05) is 13.1 Å². The monoisotopic (exact) mass is 287 g/mol. The van der Waals surface area contributed by atoms with Crippen molar-refractivity contribution in [1.82, 2.24) is 10.2 Å². The van der Waals surface area contributed by atoms with Crippen LogP contribution in [0.3, 0.4) is 0 Å². The van der Waals surface area contributed by atoms with E-state index < -0.39 is 24.3 Å². The molecule has 116 valence electrons. The molecule has 0 radical (unpaired) electrons. The Morgan fingerprint density at radius 3 is 2.65 bits per heavy atom. The van der Waals surface area contributed by atoms with Crippen LogP contribution in [0.1, 0.15) is 33.1 Å². The molecule has 0 spiro atoms. The first-order valence-corrected chi connectivity index (χ1v) is 7.03. The fraction of sp³-hybridized carbons (Fsp3) is 0.846. The van der Waals surface area contributed by atoms with E-state index in [9.17, 15) is 14.7 Å². The van der Waals surface area contributed by atoms with Crippen LogP contribution in [0, 0.1) is 5.92 Å². The van der Waals surface area contributed by atoms with E-state index in [-0.39, 0.29) is 12.5 Å². The van der Waals surface area contributed by atoms with Crippen molar-refractivity contribution in [2.45, 2.75) is 51.3 Å². The number of carboxylic acid groups (broad SMARTS) is 1. The fourth-order valence-corrected chi connectivity index (χ4v) is 2.39. The second kappa shape index (κ2) is 7.44. The molecule has 1 fully saturated rings. The van der Waals surface area contributed by atoms with E-state index in [4.69, 9.17) is 10.8 Å². The van der Waals surface area contributed by atoms with E-state index in [1.54, 1.807) is 0 Å². The van der Waals surface area contributed by atoms with E-state index in [0.29, 0.717) is 31.7 Å². The van der Waals surface area contributed by atoms with Gasteiger partial charge in [0.15, 0.2) is 0 Å². The Morgan fingerprint density at radius 1 is 1.45 bits per heavy atom. The molecule has 1 aliphatic rings. The Labute approximate surface area is 119 Å². The van der Waals surface area contributed by atoms with Crippen molar-refractivity contribution in [3.8, 4) is 0 Å². The zero-order valence-corrected chi connectivity index (χ0v) is 12.1. The van der Waals surface area contributed by atoms with Crippen LogP contribution in [-0.4, -0.2) is 58.4 Å². The number of rotatable bonds is 4. The van der Waals surface area contributed by atoms with Gasteiger partial charge >= 0.3 is 6.09 Å². The molecule has 20 heavy (non-hydrogen) atoms. The number of carbonyl (C=O) groups excluding carboxylic acids is 1. The highest BCUT2D eigenvalue weighted by molar-refractivity contribution is 5.81. The van der Waals surface area contributed by atoms with Gasteiger partial charge in [0.2, 0.25) is 5.91 Å². The first-order chi connectivity index (χ1) is 9.31. The highest BCUT2D eigenvalue weighted by atomic mass is 16.4. The van der Waals surface area contributed by atoms with Crippen LogP contribution in [0.25, 0.3) is 0 Å². The van der Waals surface area contributed by atoms with Gasteiger partial charge in [-0.1, -0.05) is 13.8 Å². The van der Waals surface area contributed by atoms with Gasteiger partial charge in [0.1, 0.15) is 0 Å². The molecule has 1 aliphatic heterocycles. The average molecular weight is 287 g/mol. The zero-order chi connectivity index (χ0) is 15.3. The lowest BCUT2D eigenvalue weighted by atomic mass is 10.0. The maximum atomic E-state index is 11.9. The highest BCUT2D eigenvalue weighted by Crippen LogP contribution is 2.13.